The van der Waals surface area contributed by atoms with Crippen LogP contribution in [-0.2, 0) is 11.2 Å². The maximum absolute atomic E-state index is 13.0. The van der Waals surface area contributed by atoms with Crippen LogP contribution in [0, 0.1) is 0 Å². The van der Waals surface area contributed by atoms with Crippen molar-refractivity contribution in [2.24, 2.45) is 0 Å². The Kier molecular flexibility index (Phi) is 6.04. The van der Waals surface area contributed by atoms with Crippen molar-refractivity contribution in [3.8, 4) is 0 Å². The molecule has 0 aliphatic carbocycles. The highest BCUT2D eigenvalue weighted by atomic mass is 16.2. The Hall–Kier alpha value is -3.37. The van der Waals surface area contributed by atoms with E-state index in [1.165, 1.54) is 27.0 Å². The second-order valence-electron chi connectivity index (χ2n) is 8.65. The van der Waals surface area contributed by atoms with Crippen LogP contribution in [0.5, 0.6) is 0 Å². The van der Waals surface area contributed by atoms with Crippen LogP contribution >= 0.6 is 0 Å². The number of benzene rings is 3. The van der Waals surface area contributed by atoms with Crippen LogP contribution < -0.4 is 4.90 Å². The summed E-state index contributed by atoms with van der Waals surface area (Å²) in [7, 11) is 0. The Bertz CT molecular complexity index is 1120. The lowest BCUT2D eigenvalue weighted by atomic mass is 9.96. The first kappa shape index (κ1) is 20.5. The molecule has 0 radical (unpaired) electrons. The smallest absolute Gasteiger partial charge is 0.223 e. The monoisotopic (exact) mass is 424 g/mol. The SMILES string of the molecule is O=C(CCc1c[nH]c2ccccc12)N1CC[NH+](C(c2ccccc2)c2ccccc2)CC1. The summed E-state index contributed by atoms with van der Waals surface area (Å²) < 4.78 is 0. The molecule has 32 heavy (non-hydrogen) atoms. The maximum Gasteiger partial charge on any atom is 0.223 e. The van der Waals surface area contributed by atoms with E-state index >= 15 is 0 Å². The fourth-order valence-corrected chi connectivity index (χ4v) is 5.03. The number of carbonyl (C=O) groups is 1. The van der Waals surface area contributed by atoms with Crippen LogP contribution in [-0.4, -0.2) is 42.0 Å². The molecule has 0 atom stereocenters. The van der Waals surface area contributed by atoms with Gasteiger partial charge in [-0.05, 0) is 18.1 Å². The maximum atomic E-state index is 13.0. The number of aryl methyl sites for hydroxylation is 1. The molecule has 0 unspecified atom stereocenters. The zero-order valence-electron chi connectivity index (χ0n) is 18.3. The summed E-state index contributed by atoms with van der Waals surface area (Å²) >= 11 is 0. The summed E-state index contributed by atoms with van der Waals surface area (Å²) in [6.07, 6.45) is 3.40. The van der Waals surface area contributed by atoms with Gasteiger partial charge in [0.05, 0.1) is 26.2 Å². The quantitative estimate of drug-likeness (QED) is 0.488. The van der Waals surface area contributed by atoms with E-state index in [4.69, 9.17) is 0 Å². The van der Waals surface area contributed by atoms with Gasteiger partial charge in [-0.1, -0.05) is 78.9 Å². The van der Waals surface area contributed by atoms with E-state index in [9.17, 15) is 4.79 Å². The molecule has 5 rings (SSSR count). The molecule has 1 aliphatic rings. The summed E-state index contributed by atoms with van der Waals surface area (Å²) in [5, 5.41) is 1.23. The van der Waals surface area contributed by atoms with Crippen molar-refractivity contribution < 1.29 is 9.69 Å². The molecule has 2 heterocycles. The first-order valence-corrected chi connectivity index (χ1v) is 11.6. The Balaban J connectivity index is 1.23. The van der Waals surface area contributed by atoms with E-state index < -0.39 is 0 Å². The number of piperazine rings is 1. The molecule has 0 spiro atoms. The van der Waals surface area contributed by atoms with Gasteiger partial charge < -0.3 is 14.8 Å². The van der Waals surface area contributed by atoms with E-state index in [2.05, 4.69) is 88.7 Å². The molecule has 162 valence electrons. The number of fused-ring (bicyclic) bond motifs is 1. The largest absolute Gasteiger partial charge is 0.361 e. The number of nitrogens with zero attached hydrogens (tertiary/aromatic N) is 1. The van der Waals surface area contributed by atoms with Gasteiger partial charge in [0.2, 0.25) is 5.91 Å². The zero-order chi connectivity index (χ0) is 21.8. The van der Waals surface area contributed by atoms with Crippen LogP contribution in [0.4, 0.5) is 0 Å². The predicted molar refractivity (Wildman–Crippen MR) is 129 cm³/mol. The topological polar surface area (TPSA) is 40.5 Å². The van der Waals surface area contributed by atoms with E-state index in [1.807, 2.05) is 12.3 Å². The van der Waals surface area contributed by atoms with Crippen molar-refractivity contribution >= 4 is 16.8 Å². The molecule has 2 N–H and O–H groups in total. The molecule has 1 amide bonds. The van der Waals surface area contributed by atoms with Crippen molar-refractivity contribution in [2.45, 2.75) is 18.9 Å². The van der Waals surface area contributed by atoms with Gasteiger partial charge in [0.25, 0.3) is 0 Å². The highest BCUT2D eigenvalue weighted by molar-refractivity contribution is 5.84. The summed E-state index contributed by atoms with van der Waals surface area (Å²) in [5.41, 5.74) is 5.05. The van der Waals surface area contributed by atoms with Crippen LogP contribution in [0.3, 0.4) is 0 Å². The van der Waals surface area contributed by atoms with Gasteiger partial charge in [0.15, 0.2) is 0 Å². The van der Waals surface area contributed by atoms with Gasteiger partial charge in [-0.25, -0.2) is 0 Å². The number of carbonyl (C=O) groups excluding carboxylic acids is 1. The molecule has 0 saturated carbocycles. The van der Waals surface area contributed by atoms with Crippen LogP contribution in [0.25, 0.3) is 10.9 Å². The highest BCUT2D eigenvalue weighted by Gasteiger charge is 2.31. The molecule has 1 saturated heterocycles. The first-order valence-electron chi connectivity index (χ1n) is 11.6. The third-order valence-corrected chi connectivity index (χ3v) is 6.72. The second-order valence-corrected chi connectivity index (χ2v) is 8.65. The van der Waals surface area contributed by atoms with Crippen molar-refractivity contribution in [2.75, 3.05) is 26.2 Å². The fourth-order valence-electron chi connectivity index (χ4n) is 5.03. The second kappa shape index (κ2) is 9.41. The number of rotatable bonds is 6. The van der Waals surface area contributed by atoms with Gasteiger partial charge in [-0.2, -0.15) is 0 Å². The lowest BCUT2D eigenvalue weighted by Crippen LogP contribution is -3.15. The molecule has 1 fully saturated rings. The number of para-hydroxylation sites is 1. The van der Waals surface area contributed by atoms with Crippen LogP contribution in [0.1, 0.15) is 29.2 Å². The molecular formula is C28H30N3O+. The highest BCUT2D eigenvalue weighted by Crippen LogP contribution is 2.21. The van der Waals surface area contributed by atoms with Crippen LogP contribution in [0.2, 0.25) is 0 Å². The van der Waals surface area contributed by atoms with E-state index in [-0.39, 0.29) is 5.91 Å². The molecule has 1 aliphatic heterocycles. The molecule has 4 nitrogen and oxygen atoms in total. The molecule has 4 heteroatoms. The van der Waals surface area contributed by atoms with Crippen LogP contribution in [0.15, 0.2) is 91.1 Å². The lowest BCUT2D eigenvalue weighted by Gasteiger charge is -2.37. The molecule has 1 aromatic heterocycles. The molecule has 0 bridgehead atoms. The zero-order valence-corrected chi connectivity index (χ0v) is 18.3. The Morgan fingerprint density at radius 1 is 0.844 bits per heavy atom. The minimum Gasteiger partial charge on any atom is -0.361 e. The molecule has 3 aromatic carbocycles. The average Bonchev–Trinajstić information content (AvgIpc) is 3.28. The Morgan fingerprint density at radius 3 is 2.09 bits per heavy atom. The molecule has 4 aromatic rings. The lowest BCUT2D eigenvalue weighted by molar-refractivity contribution is -0.929. The van der Waals surface area contributed by atoms with Gasteiger partial charge in [-0.15, -0.1) is 0 Å². The van der Waals surface area contributed by atoms with Crippen molar-refractivity contribution in [3.05, 3.63) is 108 Å². The predicted octanol–water partition coefficient (Wildman–Crippen LogP) is 3.62. The third-order valence-electron chi connectivity index (χ3n) is 6.72. The van der Waals surface area contributed by atoms with Gasteiger partial charge in [-0.3, -0.25) is 4.79 Å². The normalized spacial score (nSPS) is 14.8. The summed E-state index contributed by atoms with van der Waals surface area (Å²) in [6.45, 7) is 3.57. The standard InChI is InChI=1S/C28H29N3O/c32-27(16-15-24-21-29-26-14-8-7-13-25(24)26)30-17-19-31(20-18-30)28(22-9-3-1-4-10-22)23-11-5-2-6-12-23/h1-14,21,28-29H,15-20H2/p+1. The number of quaternary nitrogens is 1. The number of hydrogen-bond donors (Lipinski definition) is 2. The number of aromatic amines is 1. The van der Waals surface area contributed by atoms with E-state index in [0.29, 0.717) is 12.5 Å². The van der Waals surface area contributed by atoms with Crippen molar-refractivity contribution in [1.29, 1.82) is 0 Å². The summed E-state index contributed by atoms with van der Waals surface area (Å²) in [5.74, 6) is 0.269. The third kappa shape index (κ3) is 4.32. The van der Waals surface area contributed by atoms with Crippen molar-refractivity contribution in [1.82, 2.24) is 9.88 Å². The number of aromatic nitrogens is 1. The summed E-state index contributed by atoms with van der Waals surface area (Å²) in [6, 6.07) is 30.1. The number of nitrogens with one attached hydrogen (secondary N) is 2. The number of hydrogen-bond acceptors (Lipinski definition) is 1. The fraction of sp³-hybridized carbons (Fsp3) is 0.250. The van der Waals surface area contributed by atoms with Gasteiger partial charge in [0, 0.05) is 34.6 Å². The number of H-pyrrole nitrogens is 1. The Labute approximate surface area is 189 Å². The average molecular weight is 425 g/mol. The minimum atomic E-state index is 0.269. The van der Waals surface area contributed by atoms with E-state index in [1.54, 1.807) is 0 Å². The minimum absolute atomic E-state index is 0.269. The van der Waals surface area contributed by atoms with Gasteiger partial charge >= 0.3 is 0 Å². The Morgan fingerprint density at radius 2 is 1.44 bits per heavy atom. The van der Waals surface area contributed by atoms with Crippen molar-refractivity contribution in [3.63, 3.8) is 0 Å². The van der Waals surface area contributed by atoms with E-state index in [0.717, 1.165) is 38.1 Å². The molecular weight excluding hydrogens is 394 g/mol. The number of amides is 1. The summed E-state index contributed by atoms with van der Waals surface area (Å²) in [4.78, 5) is 19.9. The van der Waals surface area contributed by atoms with Gasteiger partial charge in [0.1, 0.15) is 6.04 Å². The first-order chi connectivity index (χ1) is 15.8.